The van der Waals surface area contributed by atoms with Gasteiger partial charge in [-0.2, -0.15) is 11.8 Å². The number of carbonyl (C=O) groups excluding carboxylic acids is 1. The molecule has 2 nitrogen and oxygen atoms in total. The third-order valence-electron chi connectivity index (χ3n) is 4.27. The van der Waals surface area contributed by atoms with Gasteiger partial charge < -0.3 is 5.32 Å². The number of halogens is 1. The van der Waals surface area contributed by atoms with Crippen molar-refractivity contribution in [3.63, 3.8) is 0 Å². The fourth-order valence-electron chi connectivity index (χ4n) is 3.06. The van der Waals surface area contributed by atoms with Crippen LogP contribution in [0.5, 0.6) is 0 Å². The van der Waals surface area contributed by atoms with Gasteiger partial charge >= 0.3 is 0 Å². The van der Waals surface area contributed by atoms with E-state index in [-0.39, 0.29) is 0 Å². The van der Waals surface area contributed by atoms with E-state index in [0.717, 1.165) is 11.8 Å². The fraction of sp³-hybridized carbons (Fsp3) is 0.929. The van der Waals surface area contributed by atoms with E-state index in [4.69, 9.17) is 0 Å². The van der Waals surface area contributed by atoms with Gasteiger partial charge in [0.1, 0.15) is 0 Å². The first-order valence-electron chi connectivity index (χ1n) is 7.22. The molecule has 0 aromatic rings. The monoisotopic (exact) mass is 333 g/mol. The lowest BCUT2D eigenvalue weighted by molar-refractivity contribution is -0.123. The molecular formula is C14H24BrNOS. The fourth-order valence-corrected chi connectivity index (χ4v) is 5.04. The highest BCUT2D eigenvalue weighted by Crippen LogP contribution is 2.28. The van der Waals surface area contributed by atoms with Crippen LogP contribution in [-0.2, 0) is 4.79 Å². The Bertz CT molecular complexity index is 269. The lowest BCUT2D eigenvalue weighted by atomic mass is 9.85. The first-order chi connectivity index (χ1) is 8.79. The molecular weight excluding hydrogens is 310 g/mol. The molecule has 1 heterocycles. The number of rotatable bonds is 4. The van der Waals surface area contributed by atoms with Gasteiger partial charge in [-0.05, 0) is 49.0 Å². The predicted octanol–water partition coefficient (Wildman–Crippen LogP) is 3.59. The number of carbonyl (C=O) groups is 1. The van der Waals surface area contributed by atoms with E-state index in [9.17, 15) is 4.79 Å². The first kappa shape index (κ1) is 14.7. The Labute approximate surface area is 123 Å². The van der Waals surface area contributed by atoms with E-state index in [2.05, 4.69) is 21.2 Å². The molecule has 2 unspecified atom stereocenters. The summed E-state index contributed by atoms with van der Waals surface area (Å²) in [5.41, 5.74) is 0. The molecule has 1 aliphatic heterocycles. The second-order valence-corrected chi connectivity index (χ2v) is 7.50. The SMILES string of the molecule is O=C(CC1CCSCC1)NC1CCCCC1CBr. The molecule has 104 valence electrons. The lowest BCUT2D eigenvalue weighted by Crippen LogP contribution is -2.43. The van der Waals surface area contributed by atoms with Crippen LogP contribution in [0.3, 0.4) is 0 Å². The van der Waals surface area contributed by atoms with E-state index in [1.807, 2.05) is 11.8 Å². The van der Waals surface area contributed by atoms with Crippen molar-refractivity contribution in [1.82, 2.24) is 5.32 Å². The van der Waals surface area contributed by atoms with Crippen molar-refractivity contribution < 1.29 is 4.79 Å². The second-order valence-electron chi connectivity index (χ2n) is 5.63. The molecule has 18 heavy (non-hydrogen) atoms. The molecule has 1 saturated carbocycles. The minimum absolute atomic E-state index is 0.296. The number of amides is 1. The van der Waals surface area contributed by atoms with Crippen LogP contribution in [-0.4, -0.2) is 28.8 Å². The van der Waals surface area contributed by atoms with Crippen molar-refractivity contribution >= 4 is 33.6 Å². The highest BCUT2D eigenvalue weighted by Gasteiger charge is 2.26. The van der Waals surface area contributed by atoms with Gasteiger partial charge in [-0.15, -0.1) is 0 Å². The van der Waals surface area contributed by atoms with Crippen LogP contribution in [0.4, 0.5) is 0 Å². The molecule has 2 fully saturated rings. The molecule has 2 rings (SSSR count). The quantitative estimate of drug-likeness (QED) is 0.796. The second kappa shape index (κ2) is 7.78. The maximum atomic E-state index is 12.1. The minimum Gasteiger partial charge on any atom is -0.353 e. The number of hydrogen-bond acceptors (Lipinski definition) is 2. The summed E-state index contributed by atoms with van der Waals surface area (Å²) in [6.07, 6.45) is 8.23. The molecule has 1 saturated heterocycles. The number of hydrogen-bond donors (Lipinski definition) is 1. The smallest absolute Gasteiger partial charge is 0.220 e. The Morgan fingerprint density at radius 3 is 2.61 bits per heavy atom. The van der Waals surface area contributed by atoms with Crippen molar-refractivity contribution in [1.29, 1.82) is 0 Å². The van der Waals surface area contributed by atoms with Gasteiger partial charge in [0.2, 0.25) is 5.91 Å². The summed E-state index contributed by atoms with van der Waals surface area (Å²) in [5, 5.41) is 4.32. The molecule has 1 N–H and O–H groups in total. The highest BCUT2D eigenvalue weighted by molar-refractivity contribution is 9.09. The Hall–Kier alpha value is 0.300. The van der Waals surface area contributed by atoms with Crippen molar-refractivity contribution in [2.75, 3.05) is 16.8 Å². The molecule has 0 aromatic heterocycles. The van der Waals surface area contributed by atoms with Crippen LogP contribution in [0.15, 0.2) is 0 Å². The zero-order chi connectivity index (χ0) is 12.8. The maximum absolute atomic E-state index is 12.1. The van der Waals surface area contributed by atoms with Crippen LogP contribution in [0.25, 0.3) is 0 Å². The van der Waals surface area contributed by atoms with Crippen molar-refractivity contribution in [3.8, 4) is 0 Å². The standard InChI is InChI=1S/C14H24BrNOS/c15-10-12-3-1-2-4-13(12)16-14(17)9-11-5-7-18-8-6-11/h11-13H,1-10H2,(H,16,17). The maximum Gasteiger partial charge on any atom is 0.220 e. The number of nitrogens with one attached hydrogen (secondary N) is 1. The number of alkyl halides is 1. The average molecular weight is 334 g/mol. The van der Waals surface area contributed by atoms with Gasteiger partial charge in [-0.25, -0.2) is 0 Å². The molecule has 0 spiro atoms. The van der Waals surface area contributed by atoms with Gasteiger partial charge in [-0.3, -0.25) is 4.79 Å². The van der Waals surface area contributed by atoms with E-state index < -0.39 is 0 Å². The summed E-state index contributed by atoms with van der Waals surface area (Å²) in [4.78, 5) is 12.1. The molecule has 1 aliphatic carbocycles. The normalized spacial score (nSPS) is 30.1. The topological polar surface area (TPSA) is 29.1 Å². The zero-order valence-corrected chi connectivity index (χ0v) is 13.4. The van der Waals surface area contributed by atoms with Gasteiger partial charge in [0, 0.05) is 17.8 Å². The summed E-state index contributed by atoms with van der Waals surface area (Å²) >= 11 is 5.61. The van der Waals surface area contributed by atoms with Crippen LogP contribution in [0.1, 0.15) is 44.9 Å². The van der Waals surface area contributed by atoms with Crippen molar-refractivity contribution in [3.05, 3.63) is 0 Å². The Balaban J connectivity index is 1.75. The van der Waals surface area contributed by atoms with Gasteiger partial charge in [0.05, 0.1) is 0 Å². The van der Waals surface area contributed by atoms with Crippen LogP contribution >= 0.6 is 27.7 Å². The zero-order valence-electron chi connectivity index (χ0n) is 11.0. The lowest BCUT2D eigenvalue weighted by Gasteiger charge is -2.31. The Kier molecular flexibility index (Phi) is 6.36. The molecule has 0 aromatic carbocycles. The van der Waals surface area contributed by atoms with E-state index >= 15 is 0 Å². The molecule has 2 atom stereocenters. The van der Waals surface area contributed by atoms with Crippen LogP contribution in [0.2, 0.25) is 0 Å². The molecule has 0 bridgehead atoms. The molecule has 1 amide bonds. The minimum atomic E-state index is 0.296. The van der Waals surface area contributed by atoms with Crippen molar-refractivity contribution in [2.45, 2.75) is 51.0 Å². The summed E-state index contributed by atoms with van der Waals surface area (Å²) in [6, 6.07) is 0.420. The van der Waals surface area contributed by atoms with Crippen LogP contribution < -0.4 is 5.32 Å². The third-order valence-corrected chi connectivity index (χ3v) is 6.15. The van der Waals surface area contributed by atoms with Gasteiger partial charge in [-0.1, -0.05) is 28.8 Å². The van der Waals surface area contributed by atoms with E-state index in [0.29, 0.717) is 23.8 Å². The Morgan fingerprint density at radius 1 is 1.17 bits per heavy atom. The highest BCUT2D eigenvalue weighted by atomic mass is 79.9. The molecule has 0 radical (unpaired) electrons. The van der Waals surface area contributed by atoms with Gasteiger partial charge in [0.25, 0.3) is 0 Å². The summed E-state index contributed by atoms with van der Waals surface area (Å²) in [5.74, 6) is 4.06. The summed E-state index contributed by atoms with van der Waals surface area (Å²) in [6.45, 7) is 0. The molecule has 2 aliphatic rings. The number of thioether (sulfide) groups is 1. The van der Waals surface area contributed by atoms with Crippen LogP contribution in [0, 0.1) is 11.8 Å². The summed E-state index contributed by atoms with van der Waals surface area (Å²) in [7, 11) is 0. The third kappa shape index (κ3) is 4.44. The van der Waals surface area contributed by atoms with Crippen molar-refractivity contribution in [2.24, 2.45) is 11.8 Å². The van der Waals surface area contributed by atoms with E-state index in [1.54, 1.807) is 0 Å². The molecule has 4 heteroatoms. The largest absolute Gasteiger partial charge is 0.353 e. The predicted molar refractivity (Wildman–Crippen MR) is 82.3 cm³/mol. The summed E-state index contributed by atoms with van der Waals surface area (Å²) < 4.78 is 0. The van der Waals surface area contributed by atoms with Gasteiger partial charge in [0.15, 0.2) is 0 Å². The van der Waals surface area contributed by atoms with E-state index in [1.165, 1.54) is 50.0 Å². The Morgan fingerprint density at radius 2 is 1.89 bits per heavy atom. The first-order valence-corrected chi connectivity index (χ1v) is 9.50. The average Bonchev–Trinajstić information content (AvgIpc) is 2.40.